The maximum Gasteiger partial charge on any atom is 0.0966 e. The number of likely N-dealkylation sites (tertiary alicyclic amines) is 1. The Kier molecular flexibility index (Phi) is 10.0. The van der Waals surface area contributed by atoms with Crippen molar-refractivity contribution in [2.75, 3.05) is 25.5 Å². The summed E-state index contributed by atoms with van der Waals surface area (Å²) < 4.78 is 1.31. The van der Waals surface area contributed by atoms with Gasteiger partial charge in [0.1, 0.15) is 0 Å². The molecule has 6 heteroatoms. The Morgan fingerprint density at radius 2 is 1.72 bits per heavy atom. The van der Waals surface area contributed by atoms with Crippen LogP contribution in [0.5, 0.6) is 0 Å². The molecule has 1 saturated heterocycles. The van der Waals surface area contributed by atoms with Crippen molar-refractivity contribution in [1.29, 1.82) is 0 Å². The van der Waals surface area contributed by atoms with Crippen LogP contribution in [0.3, 0.4) is 0 Å². The number of rotatable bonds is 5. The van der Waals surface area contributed by atoms with Crippen LogP contribution in [-0.2, 0) is 0 Å². The standard InChI is InChI=1S/C29H29N5S.2C2H6/c1-19-18-35-27-6-5-21(14-24(19)27)25-15-23(16-26-29(25)32-11-10-31-26)33-28(22-4-3-9-30-17-22)20-7-12-34(2)13-8-20;2*1-2/h3-6,9-11,14-18,20,28,33H,7-8,12-13H2,1-2H3;2*1-2H3. The highest BCUT2D eigenvalue weighted by atomic mass is 32.1. The van der Waals surface area contributed by atoms with Gasteiger partial charge in [0.25, 0.3) is 0 Å². The molecule has 0 bridgehead atoms. The van der Waals surface area contributed by atoms with Gasteiger partial charge in [-0.15, -0.1) is 11.3 Å². The second-order valence-corrected chi connectivity index (χ2v) is 10.5. The Balaban J connectivity index is 0.000000845. The summed E-state index contributed by atoms with van der Waals surface area (Å²) >= 11 is 1.80. The Hall–Kier alpha value is -3.35. The summed E-state index contributed by atoms with van der Waals surface area (Å²) in [5.74, 6) is 0.543. The zero-order chi connectivity index (χ0) is 27.8. The van der Waals surface area contributed by atoms with Crippen molar-refractivity contribution >= 4 is 38.1 Å². The fourth-order valence-electron chi connectivity index (χ4n) is 5.28. The maximum atomic E-state index is 4.72. The fourth-order valence-corrected chi connectivity index (χ4v) is 6.20. The number of aryl methyl sites for hydroxylation is 1. The first-order valence-electron chi connectivity index (χ1n) is 14.2. The molecule has 39 heavy (non-hydrogen) atoms. The van der Waals surface area contributed by atoms with E-state index in [2.05, 4.69) is 75.9 Å². The van der Waals surface area contributed by atoms with E-state index in [9.17, 15) is 0 Å². The van der Waals surface area contributed by atoms with E-state index in [1.165, 1.54) is 26.8 Å². The highest BCUT2D eigenvalue weighted by molar-refractivity contribution is 7.17. The molecular weight excluding hydrogens is 498 g/mol. The molecule has 1 fully saturated rings. The van der Waals surface area contributed by atoms with Gasteiger partial charge in [0.2, 0.25) is 0 Å². The van der Waals surface area contributed by atoms with Gasteiger partial charge in [-0.05, 0) is 104 Å². The molecule has 0 amide bonds. The molecule has 0 radical (unpaired) electrons. The van der Waals surface area contributed by atoms with E-state index in [0.29, 0.717) is 5.92 Å². The molecule has 3 aromatic heterocycles. The highest BCUT2D eigenvalue weighted by Gasteiger charge is 2.27. The topological polar surface area (TPSA) is 53.9 Å². The van der Waals surface area contributed by atoms with Crippen LogP contribution in [0.15, 0.2) is 72.6 Å². The molecule has 6 rings (SSSR count). The third-order valence-corrected chi connectivity index (χ3v) is 8.33. The molecule has 1 atom stereocenters. The van der Waals surface area contributed by atoms with Gasteiger partial charge in [-0.1, -0.05) is 39.8 Å². The van der Waals surface area contributed by atoms with E-state index >= 15 is 0 Å². The average Bonchev–Trinajstić information content (AvgIpc) is 3.38. The highest BCUT2D eigenvalue weighted by Crippen LogP contribution is 2.38. The van der Waals surface area contributed by atoms with Crippen LogP contribution >= 0.6 is 11.3 Å². The first kappa shape index (κ1) is 28.7. The Morgan fingerprint density at radius 3 is 2.46 bits per heavy atom. The van der Waals surface area contributed by atoms with Crippen molar-refractivity contribution in [3.05, 3.63) is 83.8 Å². The third kappa shape index (κ3) is 6.45. The van der Waals surface area contributed by atoms with Crippen molar-refractivity contribution < 1.29 is 0 Å². The number of hydrogen-bond donors (Lipinski definition) is 1. The third-order valence-electron chi connectivity index (χ3n) is 7.25. The molecule has 5 aromatic rings. The zero-order valence-corrected chi connectivity index (χ0v) is 24.9. The largest absolute Gasteiger partial charge is 0.378 e. The molecule has 0 aliphatic carbocycles. The molecular formula is C33H41N5S. The Bertz CT molecular complexity index is 1470. The number of benzene rings is 2. The van der Waals surface area contributed by atoms with E-state index in [4.69, 9.17) is 4.98 Å². The number of nitrogens with one attached hydrogen (secondary N) is 1. The number of hydrogen-bond acceptors (Lipinski definition) is 6. The first-order chi connectivity index (χ1) is 19.2. The van der Waals surface area contributed by atoms with Crippen LogP contribution in [0.2, 0.25) is 0 Å². The van der Waals surface area contributed by atoms with Crippen LogP contribution in [0.25, 0.3) is 32.2 Å². The number of piperidine rings is 1. The smallest absolute Gasteiger partial charge is 0.0966 e. The van der Waals surface area contributed by atoms with Crippen LogP contribution in [0, 0.1) is 12.8 Å². The summed E-state index contributed by atoms with van der Waals surface area (Å²) in [4.78, 5) is 16.3. The molecule has 1 aliphatic heterocycles. The second kappa shape index (κ2) is 13.6. The Labute approximate surface area is 237 Å². The minimum atomic E-state index is 0.195. The SMILES string of the molecule is CC.CC.Cc1csc2ccc(-c3cc(NC(c4cccnc4)C4CCN(C)CC4)cc4nccnc34)cc12. The van der Waals surface area contributed by atoms with E-state index in [1.54, 1.807) is 23.7 Å². The molecule has 204 valence electrons. The summed E-state index contributed by atoms with van der Waals surface area (Å²) in [6, 6.07) is 15.5. The van der Waals surface area contributed by atoms with Gasteiger partial charge in [-0.2, -0.15) is 0 Å². The van der Waals surface area contributed by atoms with Crippen LogP contribution in [-0.4, -0.2) is 40.0 Å². The molecule has 2 aromatic carbocycles. The number of fused-ring (bicyclic) bond motifs is 2. The van der Waals surface area contributed by atoms with Crippen molar-refractivity contribution in [3.63, 3.8) is 0 Å². The van der Waals surface area contributed by atoms with Gasteiger partial charge < -0.3 is 10.2 Å². The molecule has 5 nitrogen and oxygen atoms in total. The summed E-state index contributed by atoms with van der Waals surface area (Å²) in [6.07, 6.45) is 9.74. The minimum absolute atomic E-state index is 0.195. The van der Waals surface area contributed by atoms with E-state index in [0.717, 1.165) is 48.2 Å². The van der Waals surface area contributed by atoms with Gasteiger partial charge in [0.15, 0.2) is 0 Å². The number of aromatic nitrogens is 3. The lowest BCUT2D eigenvalue weighted by Gasteiger charge is -2.35. The van der Waals surface area contributed by atoms with Crippen LogP contribution < -0.4 is 5.32 Å². The number of thiophene rings is 1. The molecule has 1 N–H and O–H groups in total. The van der Waals surface area contributed by atoms with E-state index < -0.39 is 0 Å². The molecule has 1 unspecified atom stereocenters. The zero-order valence-electron chi connectivity index (χ0n) is 24.1. The van der Waals surface area contributed by atoms with Gasteiger partial charge in [0.05, 0.1) is 17.1 Å². The normalized spacial score (nSPS) is 14.7. The van der Waals surface area contributed by atoms with Gasteiger partial charge in [0, 0.05) is 40.7 Å². The predicted molar refractivity (Wildman–Crippen MR) is 169 cm³/mol. The minimum Gasteiger partial charge on any atom is -0.378 e. The fraction of sp³-hybridized carbons (Fsp3) is 0.364. The van der Waals surface area contributed by atoms with Gasteiger partial charge in [-0.25, -0.2) is 0 Å². The first-order valence-corrected chi connectivity index (χ1v) is 15.1. The van der Waals surface area contributed by atoms with E-state index in [-0.39, 0.29) is 6.04 Å². The monoisotopic (exact) mass is 539 g/mol. The van der Waals surface area contributed by atoms with Crippen molar-refractivity contribution in [1.82, 2.24) is 19.9 Å². The maximum absolute atomic E-state index is 4.72. The lowest BCUT2D eigenvalue weighted by Crippen LogP contribution is -2.34. The van der Waals surface area contributed by atoms with Crippen molar-refractivity contribution in [2.24, 2.45) is 5.92 Å². The molecule has 0 spiro atoms. The Morgan fingerprint density at radius 1 is 0.949 bits per heavy atom. The van der Waals surface area contributed by atoms with Crippen LogP contribution in [0.4, 0.5) is 5.69 Å². The van der Waals surface area contributed by atoms with Gasteiger partial charge >= 0.3 is 0 Å². The summed E-state index contributed by atoms with van der Waals surface area (Å²) in [5.41, 5.74) is 7.74. The molecule has 4 heterocycles. The predicted octanol–water partition coefficient (Wildman–Crippen LogP) is 8.76. The van der Waals surface area contributed by atoms with Crippen molar-refractivity contribution in [3.8, 4) is 11.1 Å². The quantitative estimate of drug-likeness (QED) is 0.242. The molecule has 0 saturated carbocycles. The lowest BCUT2D eigenvalue weighted by molar-refractivity contribution is 0.204. The van der Waals surface area contributed by atoms with Gasteiger partial charge in [-0.3, -0.25) is 15.0 Å². The molecule has 1 aliphatic rings. The van der Waals surface area contributed by atoms with Crippen LogP contribution in [0.1, 0.15) is 57.7 Å². The number of nitrogens with zero attached hydrogens (tertiary/aromatic N) is 4. The summed E-state index contributed by atoms with van der Waals surface area (Å²) in [7, 11) is 2.21. The number of pyridine rings is 1. The summed E-state index contributed by atoms with van der Waals surface area (Å²) in [6.45, 7) is 12.4. The summed E-state index contributed by atoms with van der Waals surface area (Å²) in [5, 5.41) is 7.44. The van der Waals surface area contributed by atoms with Crippen molar-refractivity contribution in [2.45, 2.75) is 53.5 Å². The average molecular weight is 540 g/mol. The second-order valence-electron chi connectivity index (χ2n) is 9.63. The lowest BCUT2D eigenvalue weighted by atomic mass is 9.85. The van der Waals surface area contributed by atoms with E-state index in [1.807, 2.05) is 46.2 Å². The number of anilines is 1.